The van der Waals surface area contributed by atoms with Crippen LogP contribution < -0.4 is 10.2 Å². The van der Waals surface area contributed by atoms with E-state index in [-0.39, 0.29) is 5.69 Å². The molecule has 7 nitrogen and oxygen atoms in total. The fourth-order valence-electron chi connectivity index (χ4n) is 3.29. The second-order valence-corrected chi connectivity index (χ2v) is 7.40. The van der Waals surface area contributed by atoms with Crippen LogP contribution in [0.3, 0.4) is 0 Å². The Morgan fingerprint density at radius 1 is 1.07 bits per heavy atom. The van der Waals surface area contributed by atoms with Gasteiger partial charge in [0, 0.05) is 29.0 Å². The molecule has 0 atom stereocenters. The molecule has 2 aromatic carbocycles. The summed E-state index contributed by atoms with van der Waals surface area (Å²) >= 11 is 3.48. The van der Waals surface area contributed by atoms with Gasteiger partial charge >= 0.3 is 0 Å². The molecule has 4 rings (SSSR count). The number of hydrogen-bond donors (Lipinski definition) is 1. The van der Waals surface area contributed by atoms with Gasteiger partial charge in [-0.25, -0.2) is 4.98 Å². The molecule has 138 valence electrons. The zero-order valence-electron chi connectivity index (χ0n) is 14.6. The minimum atomic E-state index is -0.396. The third kappa shape index (κ3) is 3.71. The lowest BCUT2D eigenvalue weighted by atomic mass is 10.1. The number of nitrogens with zero attached hydrogens (tertiary/aromatic N) is 4. The number of benzene rings is 2. The molecular formula is C19H18BrN5O2. The number of anilines is 3. The molecule has 0 spiro atoms. The van der Waals surface area contributed by atoms with Crippen LogP contribution in [-0.2, 0) is 0 Å². The fraction of sp³-hybridized carbons (Fsp3) is 0.263. The number of nitrogens with one attached hydrogen (secondary N) is 1. The largest absolute Gasteiger partial charge is 0.341 e. The van der Waals surface area contributed by atoms with E-state index in [0.29, 0.717) is 17.5 Å². The van der Waals surface area contributed by atoms with Gasteiger partial charge in [0.2, 0.25) is 5.95 Å². The van der Waals surface area contributed by atoms with Gasteiger partial charge < -0.3 is 10.2 Å². The number of halogens is 1. The van der Waals surface area contributed by atoms with E-state index in [4.69, 9.17) is 9.97 Å². The highest BCUT2D eigenvalue weighted by Gasteiger charge is 2.19. The lowest BCUT2D eigenvalue weighted by Gasteiger charge is -2.27. The van der Waals surface area contributed by atoms with Gasteiger partial charge in [0.1, 0.15) is 11.5 Å². The lowest BCUT2D eigenvalue weighted by molar-refractivity contribution is -0.383. The van der Waals surface area contributed by atoms with E-state index in [1.54, 1.807) is 18.2 Å². The van der Waals surface area contributed by atoms with Gasteiger partial charge in [-0.2, -0.15) is 4.98 Å². The number of para-hydroxylation sites is 2. The molecule has 8 heteroatoms. The molecule has 3 aromatic rings. The standard InChI is InChI=1S/C19H18BrN5O2/c20-13-8-9-15-14(12-13)18(21-16-6-2-3-7-17(16)25(26)27)23-19(22-15)24-10-4-1-5-11-24/h2-3,6-9,12H,1,4-5,10-11H2,(H,21,22,23). The zero-order valence-corrected chi connectivity index (χ0v) is 16.1. The first-order valence-electron chi connectivity index (χ1n) is 8.84. The molecule has 0 radical (unpaired) electrons. The second kappa shape index (κ2) is 7.48. The Kier molecular flexibility index (Phi) is 4.89. The summed E-state index contributed by atoms with van der Waals surface area (Å²) in [6, 6.07) is 12.4. The van der Waals surface area contributed by atoms with Gasteiger partial charge in [0.15, 0.2) is 0 Å². The predicted octanol–water partition coefficient (Wildman–Crippen LogP) is 5.03. The van der Waals surface area contributed by atoms with Crippen LogP contribution in [0.5, 0.6) is 0 Å². The molecule has 0 unspecified atom stereocenters. The van der Waals surface area contributed by atoms with E-state index >= 15 is 0 Å². The number of fused-ring (bicyclic) bond motifs is 1. The maximum absolute atomic E-state index is 11.4. The maximum atomic E-state index is 11.4. The zero-order chi connectivity index (χ0) is 18.8. The van der Waals surface area contributed by atoms with Crippen molar-refractivity contribution in [1.82, 2.24) is 9.97 Å². The molecule has 2 heterocycles. The van der Waals surface area contributed by atoms with E-state index in [1.807, 2.05) is 18.2 Å². The summed E-state index contributed by atoms with van der Waals surface area (Å²) in [4.78, 5) is 22.6. The molecule has 0 bridgehead atoms. The summed E-state index contributed by atoms with van der Waals surface area (Å²) in [5.74, 6) is 1.22. The average molecular weight is 428 g/mol. The molecular weight excluding hydrogens is 410 g/mol. The normalized spacial score (nSPS) is 14.3. The first kappa shape index (κ1) is 17.7. The minimum Gasteiger partial charge on any atom is -0.341 e. The van der Waals surface area contributed by atoms with Gasteiger partial charge in [-0.3, -0.25) is 10.1 Å². The van der Waals surface area contributed by atoms with E-state index in [0.717, 1.165) is 41.3 Å². The van der Waals surface area contributed by atoms with Crippen molar-refractivity contribution in [2.75, 3.05) is 23.3 Å². The van der Waals surface area contributed by atoms with Crippen LogP contribution >= 0.6 is 15.9 Å². The highest BCUT2D eigenvalue weighted by Crippen LogP contribution is 2.32. The Bertz CT molecular complexity index is 1000. The summed E-state index contributed by atoms with van der Waals surface area (Å²) < 4.78 is 0.898. The van der Waals surface area contributed by atoms with Gasteiger partial charge in [-0.1, -0.05) is 28.1 Å². The van der Waals surface area contributed by atoms with E-state index in [1.165, 1.54) is 12.5 Å². The Labute approximate surface area is 164 Å². The van der Waals surface area contributed by atoms with Gasteiger partial charge in [0.25, 0.3) is 5.69 Å². The number of rotatable bonds is 4. The summed E-state index contributed by atoms with van der Waals surface area (Å²) in [6.07, 6.45) is 3.46. The lowest BCUT2D eigenvalue weighted by Crippen LogP contribution is -2.31. The predicted molar refractivity (Wildman–Crippen MR) is 110 cm³/mol. The van der Waals surface area contributed by atoms with E-state index in [2.05, 4.69) is 26.1 Å². The topological polar surface area (TPSA) is 84.2 Å². The van der Waals surface area contributed by atoms with Crippen molar-refractivity contribution in [3.8, 4) is 0 Å². The third-order valence-electron chi connectivity index (χ3n) is 4.64. The van der Waals surface area contributed by atoms with Crippen molar-refractivity contribution in [1.29, 1.82) is 0 Å². The van der Waals surface area contributed by atoms with Crippen LogP contribution in [0.4, 0.5) is 23.1 Å². The van der Waals surface area contributed by atoms with Crippen molar-refractivity contribution < 1.29 is 4.92 Å². The SMILES string of the molecule is O=[N+]([O-])c1ccccc1Nc1nc(N2CCCCC2)nc2ccc(Br)cc12. The van der Waals surface area contributed by atoms with Crippen LogP contribution in [0.2, 0.25) is 0 Å². The molecule has 1 aliphatic heterocycles. The summed E-state index contributed by atoms with van der Waals surface area (Å²) in [5, 5.41) is 15.3. The molecule has 1 N–H and O–H groups in total. The number of aromatic nitrogens is 2. The molecule has 0 amide bonds. The third-order valence-corrected chi connectivity index (χ3v) is 5.13. The van der Waals surface area contributed by atoms with E-state index < -0.39 is 4.92 Å². The van der Waals surface area contributed by atoms with Crippen molar-refractivity contribution in [3.63, 3.8) is 0 Å². The number of hydrogen-bond acceptors (Lipinski definition) is 6. The monoisotopic (exact) mass is 427 g/mol. The maximum Gasteiger partial charge on any atom is 0.292 e. The Morgan fingerprint density at radius 2 is 1.85 bits per heavy atom. The molecule has 1 fully saturated rings. The quantitative estimate of drug-likeness (QED) is 0.463. The van der Waals surface area contributed by atoms with Crippen LogP contribution in [-0.4, -0.2) is 28.0 Å². The highest BCUT2D eigenvalue weighted by atomic mass is 79.9. The molecule has 1 aromatic heterocycles. The smallest absolute Gasteiger partial charge is 0.292 e. The fourth-order valence-corrected chi connectivity index (χ4v) is 3.65. The molecule has 27 heavy (non-hydrogen) atoms. The first-order chi connectivity index (χ1) is 13.1. The molecule has 1 aliphatic rings. The van der Waals surface area contributed by atoms with Crippen molar-refractivity contribution in [2.45, 2.75) is 19.3 Å². The highest BCUT2D eigenvalue weighted by molar-refractivity contribution is 9.10. The van der Waals surface area contributed by atoms with E-state index in [9.17, 15) is 10.1 Å². The van der Waals surface area contributed by atoms with Crippen molar-refractivity contribution >= 4 is 50.0 Å². The molecule has 0 saturated carbocycles. The number of piperidine rings is 1. The van der Waals surface area contributed by atoms with Gasteiger partial charge in [0.05, 0.1) is 10.4 Å². The molecule has 0 aliphatic carbocycles. The Balaban J connectivity index is 1.82. The number of nitro benzene ring substituents is 1. The Hall–Kier alpha value is -2.74. The van der Waals surface area contributed by atoms with Crippen LogP contribution in [0, 0.1) is 10.1 Å². The van der Waals surface area contributed by atoms with Crippen LogP contribution in [0.1, 0.15) is 19.3 Å². The van der Waals surface area contributed by atoms with Crippen molar-refractivity contribution in [2.24, 2.45) is 0 Å². The van der Waals surface area contributed by atoms with Gasteiger partial charge in [-0.15, -0.1) is 0 Å². The average Bonchev–Trinajstić information content (AvgIpc) is 2.69. The minimum absolute atomic E-state index is 0.0128. The number of nitro groups is 1. The first-order valence-corrected chi connectivity index (χ1v) is 9.64. The van der Waals surface area contributed by atoms with Crippen LogP contribution in [0.15, 0.2) is 46.9 Å². The summed E-state index contributed by atoms with van der Waals surface area (Å²) in [6.45, 7) is 1.85. The second-order valence-electron chi connectivity index (χ2n) is 6.48. The van der Waals surface area contributed by atoms with Crippen molar-refractivity contribution in [3.05, 3.63) is 57.1 Å². The Morgan fingerprint density at radius 3 is 2.63 bits per heavy atom. The molecule has 1 saturated heterocycles. The van der Waals surface area contributed by atoms with Crippen LogP contribution in [0.25, 0.3) is 10.9 Å². The summed E-state index contributed by atoms with van der Waals surface area (Å²) in [7, 11) is 0. The summed E-state index contributed by atoms with van der Waals surface area (Å²) in [5.41, 5.74) is 1.22. The van der Waals surface area contributed by atoms with Gasteiger partial charge in [-0.05, 0) is 43.5 Å².